The van der Waals surface area contributed by atoms with Gasteiger partial charge in [-0.3, -0.25) is 0 Å². The quantitative estimate of drug-likeness (QED) is 0.189. The van der Waals surface area contributed by atoms with Crippen LogP contribution in [0.5, 0.6) is 0 Å². The summed E-state index contributed by atoms with van der Waals surface area (Å²) in [6, 6.07) is 45.9. The van der Waals surface area contributed by atoms with E-state index in [1.807, 2.05) is 0 Å². The molecule has 1 saturated carbocycles. The predicted octanol–water partition coefficient (Wildman–Crippen LogP) is 13.5. The van der Waals surface area contributed by atoms with Crippen molar-refractivity contribution in [3.63, 3.8) is 0 Å². The maximum atomic E-state index is 6.79. The zero-order valence-corrected chi connectivity index (χ0v) is 29.7. The average molecular weight is 650 g/mol. The minimum atomic E-state index is -0.0901. The molecule has 3 aliphatic carbocycles. The minimum absolute atomic E-state index is 0.0186. The van der Waals surface area contributed by atoms with E-state index in [0.29, 0.717) is 0 Å². The van der Waals surface area contributed by atoms with Crippen molar-refractivity contribution in [1.82, 2.24) is 0 Å². The van der Waals surface area contributed by atoms with Gasteiger partial charge in [-0.15, -0.1) is 0 Å². The number of para-hydroxylation sites is 1. The van der Waals surface area contributed by atoms with Gasteiger partial charge in [0.1, 0.15) is 11.2 Å². The van der Waals surface area contributed by atoms with E-state index in [2.05, 4.69) is 161 Å². The van der Waals surface area contributed by atoms with Crippen molar-refractivity contribution in [2.45, 2.75) is 76.5 Å². The zero-order chi connectivity index (χ0) is 34.0. The smallest absolute Gasteiger partial charge is 0.139 e. The number of hydrogen-bond donors (Lipinski definition) is 0. The lowest BCUT2D eigenvalue weighted by atomic mass is 9.76. The van der Waals surface area contributed by atoms with E-state index in [9.17, 15) is 0 Å². The number of benzene rings is 6. The van der Waals surface area contributed by atoms with Crippen LogP contribution in [-0.4, -0.2) is 0 Å². The molecular formula is C48H43NO. The van der Waals surface area contributed by atoms with Gasteiger partial charge in [-0.1, -0.05) is 126 Å². The fourth-order valence-electron chi connectivity index (χ4n) is 9.89. The molecular weight excluding hydrogens is 607 g/mol. The van der Waals surface area contributed by atoms with Crippen LogP contribution in [0.1, 0.15) is 88.1 Å². The molecule has 1 fully saturated rings. The highest BCUT2D eigenvalue weighted by atomic mass is 16.3. The van der Waals surface area contributed by atoms with Gasteiger partial charge in [-0.05, 0) is 99.2 Å². The summed E-state index contributed by atoms with van der Waals surface area (Å²) in [7, 11) is 0. The van der Waals surface area contributed by atoms with E-state index >= 15 is 0 Å². The van der Waals surface area contributed by atoms with Crippen molar-refractivity contribution < 1.29 is 4.42 Å². The van der Waals surface area contributed by atoms with Crippen molar-refractivity contribution >= 4 is 39.0 Å². The number of hydrogen-bond acceptors (Lipinski definition) is 2. The van der Waals surface area contributed by atoms with Gasteiger partial charge in [0.2, 0.25) is 0 Å². The van der Waals surface area contributed by atoms with Gasteiger partial charge in [-0.25, -0.2) is 0 Å². The third kappa shape index (κ3) is 4.02. The van der Waals surface area contributed by atoms with Crippen LogP contribution < -0.4 is 4.90 Å². The second-order valence-electron chi connectivity index (χ2n) is 16.5. The summed E-state index contributed by atoms with van der Waals surface area (Å²) < 4.78 is 6.79. The lowest BCUT2D eigenvalue weighted by molar-refractivity contribution is 0.550. The van der Waals surface area contributed by atoms with Crippen LogP contribution in [0, 0.1) is 0 Å². The Morgan fingerprint density at radius 2 is 1.12 bits per heavy atom. The van der Waals surface area contributed by atoms with Crippen molar-refractivity contribution in [3.05, 3.63) is 149 Å². The first-order chi connectivity index (χ1) is 24.1. The molecule has 0 amide bonds. The third-order valence-electron chi connectivity index (χ3n) is 12.3. The van der Waals surface area contributed by atoms with Gasteiger partial charge in [0.25, 0.3) is 0 Å². The van der Waals surface area contributed by atoms with Crippen LogP contribution in [0.15, 0.2) is 126 Å². The van der Waals surface area contributed by atoms with Gasteiger partial charge >= 0.3 is 0 Å². The molecule has 7 aromatic rings. The first-order valence-electron chi connectivity index (χ1n) is 18.4. The summed E-state index contributed by atoms with van der Waals surface area (Å²) in [4.78, 5) is 2.47. The summed E-state index contributed by atoms with van der Waals surface area (Å²) >= 11 is 0. The van der Waals surface area contributed by atoms with E-state index in [1.54, 1.807) is 0 Å². The number of furan rings is 1. The van der Waals surface area contributed by atoms with Crippen LogP contribution in [0.4, 0.5) is 17.1 Å². The third-order valence-corrected chi connectivity index (χ3v) is 12.3. The summed E-state index contributed by atoms with van der Waals surface area (Å²) in [6.07, 6.45) is 4.99. The summed E-state index contributed by atoms with van der Waals surface area (Å²) in [5, 5.41) is 2.34. The van der Waals surface area contributed by atoms with Crippen LogP contribution in [0.2, 0.25) is 0 Å². The largest absolute Gasteiger partial charge is 0.456 e. The Labute approximate surface area is 295 Å². The molecule has 0 unspecified atom stereocenters. The molecule has 0 radical (unpaired) electrons. The SMILES string of the molecule is CC(C)(C)c1cccc2c1oc1cc(N(c3ccc4c(c3)C(C)(C)c3ccccc3-4)c3ccc4c(c3)C3(CCCC3)c3ccccc3-4)ccc12. The van der Waals surface area contributed by atoms with E-state index in [-0.39, 0.29) is 16.2 Å². The maximum Gasteiger partial charge on any atom is 0.139 e. The molecule has 1 aromatic heterocycles. The molecule has 0 saturated heterocycles. The number of fused-ring (bicyclic) bond motifs is 11. The molecule has 0 bridgehead atoms. The number of anilines is 3. The van der Waals surface area contributed by atoms with Crippen LogP contribution in [0.3, 0.4) is 0 Å². The zero-order valence-electron chi connectivity index (χ0n) is 29.7. The second kappa shape index (κ2) is 10.2. The molecule has 1 spiro atoms. The van der Waals surface area contributed by atoms with Crippen molar-refractivity contribution in [1.29, 1.82) is 0 Å². The Kier molecular flexibility index (Phi) is 6.10. The van der Waals surface area contributed by atoms with Gasteiger partial charge in [0.05, 0.1) is 0 Å². The van der Waals surface area contributed by atoms with Gasteiger partial charge in [0.15, 0.2) is 0 Å². The highest BCUT2D eigenvalue weighted by Gasteiger charge is 2.45. The first-order valence-corrected chi connectivity index (χ1v) is 18.4. The fraction of sp³-hybridized carbons (Fsp3) is 0.250. The maximum absolute atomic E-state index is 6.79. The lowest BCUT2D eigenvalue weighted by Crippen LogP contribution is -2.21. The Bertz CT molecular complexity index is 2520. The van der Waals surface area contributed by atoms with E-state index in [4.69, 9.17) is 4.42 Å². The van der Waals surface area contributed by atoms with Crippen molar-refractivity contribution in [2.75, 3.05) is 4.90 Å². The van der Waals surface area contributed by atoms with Crippen LogP contribution in [-0.2, 0) is 16.2 Å². The first kappa shape index (κ1) is 29.8. The van der Waals surface area contributed by atoms with Crippen LogP contribution in [0.25, 0.3) is 44.2 Å². The summed E-state index contributed by atoms with van der Waals surface area (Å²) in [5.74, 6) is 0. The predicted molar refractivity (Wildman–Crippen MR) is 209 cm³/mol. The normalized spacial score (nSPS) is 16.5. The summed E-state index contributed by atoms with van der Waals surface area (Å²) in [6.45, 7) is 11.5. The van der Waals surface area contributed by atoms with E-state index in [0.717, 1.165) is 22.2 Å². The molecule has 50 heavy (non-hydrogen) atoms. The molecule has 6 aromatic carbocycles. The molecule has 1 heterocycles. The second-order valence-corrected chi connectivity index (χ2v) is 16.5. The lowest BCUT2D eigenvalue weighted by Gasteiger charge is -2.31. The molecule has 0 N–H and O–H groups in total. The average Bonchev–Trinajstić information content (AvgIpc) is 3.87. The Morgan fingerprint density at radius 3 is 1.84 bits per heavy atom. The van der Waals surface area contributed by atoms with Gasteiger partial charge in [0, 0.05) is 50.3 Å². The van der Waals surface area contributed by atoms with Gasteiger partial charge in [-0.2, -0.15) is 0 Å². The van der Waals surface area contributed by atoms with Gasteiger partial charge < -0.3 is 9.32 Å². The van der Waals surface area contributed by atoms with E-state index in [1.165, 1.54) is 92.5 Å². The van der Waals surface area contributed by atoms with Crippen molar-refractivity contribution in [2.24, 2.45) is 0 Å². The highest BCUT2D eigenvalue weighted by Crippen LogP contribution is 2.58. The van der Waals surface area contributed by atoms with E-state index < -0.39 is 0 Å². The Morgan fingerprint density at radius 1 is 0.540 bits per heavy atom. The molecule has 0 aliphatic heterocycles. The molecule has 246 valence electrons. The Balaban J connectivity index is 1.20. The minimum Gasteiger partial charge on any atom is -0.456 e. The highest BCUT2D eigenvalue weighted by molar-refractivity contribution is 6.07. The number of nitrogens with zero attached hydrogens (tertiary/aromatic N) is 1. The molecule has 10 rings (SSSR count). The molecule has 2 heteroatoms. The standard InChI is InChI=1S/C48H43NO/c1-46(2,3)41-18-12-15-38-37-24-21-32(29-44(37)50-45(38)41)49(30-19-22-35-33-13-6-8-16-39(33)47(4,5)42(35)27-30)31-20-23-36-34-14-7-9-17-40(34)48(43(36)28-31)25-10-11-26-48/h6-9,12-24,27-29H,10-11,25-26H2,1-5H3. The monoisotopic (exact) mass is 649 g/mol. The fourth-order valence-corrected chi connectivity index (χ4v) is 9.89. The topological polar surface area (TPSA) is 16.4 Å². The molecule has 2 nitrogen and oxygen atoms in total. The van der Waals surface area contributed by atoms with Crippen molar-refractivity contribution in [3.8, 4) is 22.3 Å². The number of rotatable bonds is 3. The molecule has 3 aliphatic rings. The Hall–Kier alpha value is -5.08. The van der Waals surface area contributed by atoms with Crippen LogP contribution >= 0.6 is 0 Å². The summed E-state index contributed by atoms with van der Waals surface area (Å²) in [5.41, 5.74) is 17.9. The molecule has 0 atom stereocenters.